The molecule has 0 aromatic heterocycles. The average molecular weight is 311 g/mol. The largest absolute Gasteiger partial charge is 0.376 e. The molecule has 1 fully saturated rings. The van der Waals surface area contributed by atoms with Gasteiger partial charge in [0.15, 0.2) is 0 Å². The normalized spacial score (nSPS) is 25.9. The van der Waals surface area contributed by atoms with E-state index in [1.807, 2.05) is 0 Å². The number of anilines is 1. The Morgan fingerprint density at radius 3 is 2.71 bits per heavy atom. The molecule has 5 heteroatoms. The van der Waals surface area contributed by atoms with Gasteiger partial charge in [0.2, 0.25) is 0 Å². The molecule has 0 heterocycles. The smallest absolute Gasteiger partial charge is 0.293 e. The minimum Gasteiger partial charge on any atom is -0.376 e. The van der Waals surface area contributed by atoms with Crippen molar-refractivity contribution in [1.82, 2.24) is 0 Å². The summed E-state index contributed by atoms with van der Waals surface area (Å²) in [5.41, 5.74) is 0.636. The first-order chi connectivity index (χ1) is 9.88. The van der Waals surface area contributed by atoms with Crippen LogP contribution in [0.4, 0.5) is 11.4 Å². The lowest BCUT2D eigenvalue weighted by Gasteiger charge is -2.38. The van der Waals surface area contributed by atoms with Crippen LogP contribution < -0.4 is 5.32 Å². The Balaban J connectivity index is 2.24. The quantitative estimate of drug-likeness (QED) is 0.620. The molecule has 1 aliphatic rings. The fourth-order valence-electron chi connectivity index (χ4n) is 3.35. The Morgan fingerprint density at radius 2 is 2.10 bits per heavy atom. The van der Waals surface area contributed by atoms with E-state index in [-0.39, 0.29) is 16.7 Å². The van der Waals surface area contributed by atoms with Crippen molar-refractivity contribution >= 4 is 23.0 Å². The van der Waals surface area contributed by atoms with Gasteiger partial charge in [-0.15, -0.1) is 0 Å². The van der Waals surface area contributed by atoms with Crippen molar-refractivity contribution in [3.05, 3.63) is 33.3 Å². The fraction of sp³-hybridized carbons (Fsp3) is 0.625. The van der Waals surface area contributed by atoms with Crippen molar-refractivity contribution in [1.29, 1.82) is 0 Å². The lowest BCUT2D eigenvalue weighted by Crippen LogP contribution is -2.37. The molecule has 4 nitrogen and oxygen atoms in total. The van der Waals surface area contributed by atoms with Crippen LogP contribution in [-0.4, -0.2) is 11.0 Å². The Kier molecular flexibility index (Phi) is 5.09. The van der Waals surface area contributed by atoms with Gasteiger partial charge in [-0.05, 0) is 42.7 Å². The van der Waals surface area contributed by atoms with Crippen LogP contribution in [0.5, 0.6) is 0 Å². The predicted molar refractivity (Wildman–Crippen MR) is 86.9 cm³/mol. The SMILES string of the molecule is CC1CCC(C(C)C)C(Nc2ccc(Cl)cc2[N+](=O)[O-])C1. The number of nitrogens with one attached hydrogen (secondary N) is 1. The highest BCUT2D eigenvalue weighted by molar-refractivity contribution is 6.30. The zero-order chi connectivity index (χ0) is 15.6. The van der Waals surface area contributed by atoms with E-state index in [1.54, 1.807) is 12.1 Å². The summed E-state index contributed by atoms with van der Waals surface area (Å²) in [6.45, 7) is 6.71. The van der Waals surface area contributed by atoms with Crippen LogP contribution >= 0.6 is 11.6 Å². The molecule has 1 aliphatic carbocycles. The molecular formula is C16H23ClN2O2. The summed E-state index contributed by atoms with van der Waals surface area (Å²) in [5, 5.41) is 15.0. The van der Waals surface area contributed by atoms with E-state index in [1.165, 1.54) is 18.9 Å². The Labute approximate surface area is 131 Å². The number of hydrogen-bond donors (Lipinski definition) is 1. The van der Waals surface area contributed by atoms with E-state index in [2.05, 4.69) is 26.1 Å². The van der Waals surface area contributed by atoms with Gasteiger partial charge in [-0.25, -0.2) is 0 Å². The summed E-state index contributed by atoms with van der Waals surface area (Å²) < 4.78 is 0. The van der Waals surface area contributed by atoms with Crippen molar-refractivity contribution < 1.29 is 4.92 Å². The summed E-state index contributed by atoms with van der Waals surface area (Å²) in [6, 6.07) is 5.12. The molecule has 0 spiro atoms. The highest BCUT2D eigenvalue weighted by atomic mass is 35.5. The van der Waals surface area contributed by atoms with Gasteiger partial charge in [-0.2, -0.15) is 0 Å². The molecule has 1 saturated carbocycles. The van der Waals surface area contributed by atoms with Crippen LogP contribution in [0.25, 0.3) is 0 Å². The van der Waals surface area contributed by atoms with Crippen LogP contribution in [0.1, 0.15) is 40.0 Å². The van der Waals surface area contributed by atoms with Crippen LogP contribution in [0.2, 0.25) is 5.02 Å². The van der Waals surface area contributed by atoms with E-state index in [4.69, 9.17) is 11.6 Å². The average Bonchev–Trinajstić information content (AvgIpc) is 2.40. The van der Waals surface area contributed by atoms with Gasteiger partial charge in [0, 0.05) is 17.1 Å². The molecule has 1 aromatic carbocycles. The van der Waals surface area contributed by atoms with Gasteiger partial charge in [0.25, 0.3) is 5.69 Å². The third-order valence-corrected chi connectivity index (χ3v) is 4.75. The van der Waals surface area contributed by atoms with Crippen molar-refractivity contribution in [3.8, 4) is 0 Å². The number of hydrogen-bond acceptors (Lipinski definition) is 3. The minimum atomic E-state index is -0.370. The molecule has 1 aromatic rings. The lowest BCUT2D eigenvalue weighted by molar-refractivity contribution is -0.384. The first-order valence-electron chi connectivity index (χ1n) is 7.59. The number of nitrogens with zero attached hydrogens (tertiary/aromatic N) is 1. The van der Waals surface area contributed by atoms with Crippen LogP contribution in [0.15, 0.2) is 18.2 Å². The molecule has 3 unspecified atom stereocenters. The molecule has 0 bridgehead atoms. The fourth-order valence-corrected chi connectivity index (χ4v) is 3.51. The number of nitro benzene ring substituents is 1. The molecule has 116 valence electrons. The second-order valence-electron chi connectivity index (χ2n) is 6.50. The molecule has 21 heavy (non-hydrogen) atoms. The minimum absolute atomic E-state index is 0.0585. The molecule has 0 radical (unpaired) electrons. The van der Waals surface area contributed by atoms with Crippen LogP contribution in [0.3, 0.4) is 0 Å². The zero-order valence-corrected chi connectivity index (χ0v) is 13.6. The first kappa shape index (κ1) is 16.1. The van der Waals surface area contributed by atoms with E-state index in [0.29, 0.717) is 28.5 Å². The van der Waals surface area contributed by atoms with Gasteiger partial charge < -0.3 is 5.32 Å². The number of halogens is 1. The third-order valence-electron chi connectivity index (χ3n) is 4.52. The third kappa shape index (κ3) is 3.88. The van der Waals surface area contributed by atoms with E-state index >= 15 is 0 Å². The van der Waals surface area contributed by atoms with Gasteiger partial charge >= 0.3 is 0 Å². The van der Waals surface area contributed by atoms with Crippen molar-refractivity contribution in [3.63, 3.8) is 0 Å². The lowest BCUT2D eigenvalue weighted by atomic mass is 9.74. The van der Waals surface area contributed by atoms with Crippen LogP contribution in [-0.2, 0) is 0 Å². The van der Waals surface area contributed by atoms with Gasteiger partial charge in [0.05, 0.1) is 4.92 Å². The second-order valence-corrected chi connectivity index (χ2v) is 6.93. The van der Waals surface area contributed by atoms with Gasteiger partial charge in [0.1, 0.15) is 5.69 Å². The summed E-state index contributed by atoms with van der Waals surface area (Å²) in [5.74, 6) is 1.78. The highest BCUT2D eigenvalue weighted by Crippen LogP contribution is 2.37. The Morgan fingerprint density at radius 1 is 1.38 bits per heavy atom. The number of rotatable bonds is 4. The Hall–Kier alpha value is -1.29. The highest BCUT2D eigenvalue weighted by Gasteiger charge is 2.31. The topological polar surface area (TPSA) is 55.2 Å². The summed E-state index contributed by atoms with van der Waals surface area (Å²) in [4.78, 5) is 10.8. The van der Waals surface area contributed by atoms with Crippen LogP contribution in [0, 0.1) is 27.9 Å². The van der Waals surface area contributed by atoms with E-state index < -0.39 is 0 Å². The number of nitro groups is 1. The standard InChI is InChI=1S/C16H23ClN2O2/c1-10(2)13-6-4-11(3)8-15(13)18-14-7-5-12(17)9-16(14)19(20)21/h5,7,9-11,13,15,18H,4,6,8H2,1-3H3. The monoisotopic (exact) mass is 310 g/mol. The van der Waals surface area contributed by atoms with Gasteiger partial charge in [-0.1, -0.05) is 38.8 Å². The molecule has 0 aliphatic heterocycles. The molecule has 1 N–H and O–H groups in total. The van der Waals surface area contributed by atoms with E-state index in [9.17, 15) is 10.1 Å². The Bertz CT molecular complexity index is 519. The van der Waals surface area contributed by atoms with E-state index in [0.717, 1.165) is 6.42 Å². The molecular weight excluding hydrogens is 288 g/mol. The van der Waals surface area contributed by atoms with Crippen molar-refractivity contribution in [2.24, 2.45) is 17.8 Å². The molecule has 2 rings (SSSR count). The van der Waals surface area contributed by atoms with Crippen molar-refractivity contribution in [2.45, 2.75) is 46.1 Å². The zero-order valence-electron chi connectivity index (χ0n) is 12.8. The van der Waals surface area contributed by atoms with Crippen molar-refractivity contribution in [2.75, 3.05) is 5.32 Å². The summed E-state index contributed by atoms with van der Waals surface area (Å²) in [6.07, 6.45) is 3.48. The van der Waals surface area contributed by atoms with Gasteiger partial charge in [-0.3, -0.25) is 10.1 Å². The maximum Gasteiger partial charge on any atom is 0.293 e. The first-order valence-corrected chi connectivity index (χ1v) is 7.96. The number of benzene rings is 1. The summed E-state index contributed by atoms with van der Waals surface area (Å²) in [7, 11) is 0. The maximum atomic E-state index is 11.2. The summed E-state index contributed by atoms with van der Waals surface area (Å²) >= 11 is 5.87. The maximum absolute atomic E-state index is 11.2. The molecule has 3 atom stereocenters. The second kappa shape index (κ2) is 6.65. The predicted octanol–water partition coefficient (Wildman–Crippen LogP) is 5.12. The molecule has 0 saturated heterocycles. The molecule has 0 amide bonds.